The molecule has 1 N–H and O–H groups in total. The Morgan fingerprint density at radius 1 is 0.943 bits per heavy atom. The van der Waals surface area contributed by atoms with Gasteiger partial charge in [0.15, 0.2) is 0 Å². The number of nitrogens with one attached hydrogen (secondary N) is 1. The number of anilines is 1. The van der Waals surface area contributed by atoms with Crippen LogP contribution in [0.15, 0.2) is 70.7 Å². The second-order valence-corrected chi connectivity index (χ2v) is 9.37. The fourth-order valence-electron chi connectivity index (χ4n) is 3.45. The van der Waals surface area contributed by atoms with E-state index in [0.717, 1.165) is 22.4 Å². The summed E-state index contributed by atoms with van der Waals surface area (Å²) < 4.78 is 6.47. The molecule has 0 saturated carbocycles. The fraction of sp³-hybridized carbons (Fsp3) is 0.115. The van der Waals surface area contributed by atoms with Crippen LogP contribution in [0.3, 0.4) is 0 Å². The van der Waals surface area contributed by atoms with Crippen molar-refractivity contribution >= 4 is 68.7 Å². The van der Waals surface area contributed by atoms with Crippen molar-refractivity contribution in [2.75, 3.05) is 4.90 Å². The molecule has 0 unspecified atom stereocenters. The van der Waals surface area contributed by atoms with E-state index in [1.54, 1.807) is 42.5 Å². The molecule has 1 saturated heterocycles. The molecule has 0 atom stereocenters. The normalized spacial score (nSPS) is 14.9. The van der Waals surface area contributed by atoms with E-state index in [-0.39, 0.29) is 12.2 Å². The third kappa shape index (κ3) is 5.59. The van der Waals surface area contributed by atoms with Crippen LogP contribution in [0, 0.1) is 0 Å². The van der Waals surface area contributed by atoms with E-state index in [2.05, 4.69) is 21.2 Å². The minimum atomic E-state index is -0.784. The molecule has 6 nitrogen and oxygen atoms in total. The maximum atomic E-state index is 13.1. The van der Waals surface area contributed by atoms with E-state index in [1.807, 2.05) is 25.1 Å². The largest absolute Gasteiger partial charge is 0.488 e. The molecule has 0 bridgehead atoms. The van der Waals surface area contributed by atoms with E-state index in [4.69, 9.17) is 27.9 Å². The molecule has 1 aliphatic rings. The van der Waals surface area contributed by atoms with Crippen molar-refractivity contribution < 1.29 is 19.1 Å². The number of barbiturate groups is 1. The van der Waals surface area contributed by atoms with Gasteiger partial charge in [-0.15, -0.1) is 0 Å². The third-order valence-electron chi connectivity index (χ3n) is 5.35. The van der Waals surface area contributed by atoms with Crippen molar-refractivity contribution in [3.05, 3.63) is 97.4 Å². The van der Waals surface area contributed by atoms with Gasteiger partial charge < -0.3 is 4.74 Å². The summed E-state index contributed by atoms with van der Waals surface area (Å²) in [5, 5.41) is 3.14. The average Bonchev–Trinajstić information content (AvgIpc) is 2.83. The van der Waals surface area contributed by atoms with E-state index < -0.39 is 17.8 Å². The molecule has 0 aliphatic carbocycles. The van der Waals surface area contributed by atoms with Gasteiger partial charge >= 0.3 is 6.03 Å². The van der Waals surface area contributed by atoms with E-state index in [9.17, 15) is 14.4 Å². The number of ether oxygens (including phenoxy) is 1. The topological polar surface area (TPSA) is 75.7 Å². The minimum absolute atomic E-state index is 0.152. The summed E-state index contributed by atoms with van der Waals surface area (Å²) in [6, 6.07) is 16.6. The molecule has 9 heteroatoms. The van der Waals surface area contributed by atoms with E-state index in [1.165, 1.54) is 6.08 Å². The number of carbonyl (C=O) groups is 3. The number of urea groups is 1. The average molecular weight is 574 g/mol. The summed E-state index contributed by atoms with van der Waals surface area (Å²) in [5.41, 5.74) is 2.72. The zero-order valence-electron chi connectivity index (χ0n) is 18.5. The second kappa shape index (κ2) is 10.6. The second-order valence-electron chi connectivity index (χ2n) is 7.70. The number of rotatable bonds is 6. The minimum Gasteiger partial charge on any atom is -0.488 e. The predicted octanol–water partition coefficient (Wildman–Crippen LogP) is 6.56. The Hall–Kier alpha value is -3.13. The first-order valence-corrected chi connectivity index (χ1v) is 12.2. The molecule has 4 rings (SSSR count). The van der Waals surface area contributed by atoms with Crippen molar-refractivity contribution in [1.29, 1.82) is 0 Å². The van der Waals surface area contributed by atoms with Crippen molar-refractivity contribution in [2.24, 2.45) is 0 Å². The van der Waals surface area contributed by atoms with E-state index in [0.29, 0.717) is 31.5 Å². The van der Waals surface area contributed by atoms with Gasteiger partial charge in [-0.2, -0.15) is 0 Å². The maximum absolute atomic E-state index is 13.1. The van der Waals surface area contributed by atoms with Crippen molar-refractivity contribution in [3.8, 4) is 5.75 Å². The zero-order chi connectivity index (χ0) is 25.1. The number of hydrogen-bond acceptors (Lipinski definition) is 4. The quantitative estimate of drug-likeness (QED) is 0.267. The Labute approximate surface area is 220 Å². The lowest BCUT2D eigenvalue weighted by molar-refractivity contribution is -0.122. The van der Waals surface area contributed by atoms with Gasteiger partial charge in [0, 0.05) is 0 Å². The standard InChI is InChI=1S/C26H19BrCl2N2O4/c1-2-15-3-7-18(8-4-15)31-25(33)19(24(32)30-26(31)34)11-16-6-10-23(20(27)12-16)35-14-17-5-9-21(28)22(29)13-17/h3-13H,2,14H2,1H3,(H,30,32,34)/b19-11-. The first kappa shape index (κ1) is 25.0. The molecule has 3 aromatic rings. The maximum Gasteiger partial charge on any atom is 0.335 e. The Balaban J connectivity index is 1.54. The molecule has 178 valence electrons. The van der Waals surface area contributed by atoms with Gasteiger partial charge in [0.05, 0.1) is 20.2 Å². The molecular formula is C26H19BrCl2N2O4. The van der Waals surface area contributed by atoms with Gasteiger partial charge in [0.25, 0.3) is 11.8 Å². The highest BCUT2D eigenvalue weighted by molar-refractivity contribution is 9.10. The smallest absolute Gasteiger partial charge is 0.335 e. The van der Waals surface area contributed by atoms with Gasteiger partial charge in [-0.05, 0) is 81.5 Å². The van der Waals surface area contributed by atoms with Crippen molar-refractivity contribution in [3.63, 3.8) is 0 Å². The molecule has 1 heterocycles. The predicted molar refractivity (Wildman–Crippen MR) is 140 cm³/mol. The lowest BCUT2D eigenvalue weighted by Crippen LogP contribution is -2.54. The van der Waals surface area contributed by atoms with Crippen LogP contribution in [-0.4, -0.2) is 17.8 Å². The van der Waals surface area contributed by atoms with Crippen LogP contribution >= 0.6 is 39.1 Å². The number of benzene rings is 3. The molecule has 1 fully saturated rings. The number of imide groups is 2. The lowest BCUT2D eigenvalue weighted by Gasteiger charge is -2.26. The van der Waals surface area contributed by atoms with Gasteiger partial charge in [-0.25, -0.2) is 9.69 Å². The molecule has 35 heavy (non-hydrogen) atoms. The number of nitrogens with zero attached hydrogens (tertiary/aromatic N) is 1. The summed E-state index contributed by atoms with van der Waals surface area (Å²) in [7, 11) is 0. The Morgan fingerprint density at radius 3 is 2.31 bits per heavy atom. The summed E-state index contributed by atoms with van der Waals surface area (Å²) in [4.78, 5) is 38.9. The van der Waals surface area contributed by atoms with Crippen LogP contribution in [0.25, 0.3) is 6.08 Å². The number of carbonyl (C=O) groups excluding carboxylic acids is 3. The number of halogens is 3. The molecule has 0 aromatic heterocycles. The van der Waals surface area contributed by atoms with Crippen LogP contribution in [-0.2, 0) is 22.6 Å². The molecule has 4 amide bonds. The molecule has 1 aliphatic heterocycles. The molecule has 0 radical (unpaired) electrons. The van der Waals surface area contributed by atoms with Gasteiger partial charge in [0.1, 0.15) is 17.9 Å². The Morgan fingerprint density at radius 2 is 1.66 bits per heavy atom. The van der Waals surface area contributed by atoms with Crippen LogP contribution in [0.1, 0.15) is 23.6 Å². The highest BCUT2D eigenvalue weighted by atomic mass is 79.9. The van der Waals surface area contributed by atoms with Crippen molar-refractivity contribution in [1.82, 2.24) is 5.32 Å². The summed E-state index contributed by atoms with van der Waals surface area (Å²) in [5.74, 6) is -0.887. The molecule has 0 spiro atoms. The number of aryl methyl sites for hydroxylation is 1. The summed E-state index contributed by atoms with van der Waals surface area (Å²) in [6.07, 6.45) is 2.26. The monoisotopic (exact) mass is 572 g/mol. The SMILES string of the molecule is CCc1ccc(N2C(=O)NC(=O)/C(=C/c3ccc(OCc4ccc(Cl)c(Cl)c4)c(Br)c3)C2=O)cc1. The van der Waals surface area contributed by atoms with Crippen LogP contribution in [0.2, 0.25) is 10.0 Å². The van der Waals surface area contributed by atoms with Crippen LogP contribution in [0.4, 0.5) is 10.5 Å². The van der Waals surface area contributed by atoms with Gasteiger partial charge in [0.2, 0.25) is 0 Å². The summed E-state index contributed by atoms with van der Waals surface area (Å²) in [6.45, 7) is 2.28. The highest BCUT2D eigenvalue weighted by Gasteiger charge is 2.36. The first-order valence-electron chi connectivity index (χ1n) is 10.6. The molecule has 3 aromatic carbocycles. The van der Waals surface area contributed by atoms with Crippen LogP contribution < -0.4 is 15.0 Å². The van der Waals surface area contributed by atoms with E-state index >= 15 is 0 Å². The number of hydrogen-bond donors (Lipinski definition) is 1. The first-order chi connectivity index (χ1) is 16.8. The van der Waals surface area contributed by atoms with Gasteiger partial charge in [-0.1, -0.05) is 54.4 Å². The fourth-order valence-corrected chi connectivity index (χ4v) is 4.29. The number of amides is 4. The van der Waals surface area contributed by atoms with Crippen LogP contribution in [0.5, 0.6) is 5.75 Å². The van der Waals surface area contributed by atoms with Gasteiger partial charge in [-0.3, -0.25) is 14.9 Å². The Kier molecular flexibility index (Phi) is 7.60. The Bertz CT molecular complexity index is 1360. The lowest BCUT2D eigenvalue weighted by atomic mass is 10.1. The highest BCUT2D eigenvalue weighted by Crippen LogP contribution is 2.30. The van der Waals surface area contributed by atoms with Crippen molar-refractivity contribution in [2.45, 2.75) is 20.0 Å². The third-order valence-corrected chi connectivity index (χ3v) is 6.71. The zero-order valence-corrected chi connectivity index (χ0v) is 21.6. The summed E-state index contributed by atoms with van der Waals surface area (Å²) >= 11 is 15.5. The molecular weight excluding hydrogens is 555 g/mol.